The number of pyridine rings is 1. The summed E-state index contributed by atoms with van der Waals surface area (Å²) in [7, 11) is 0. The Balaban J connectivity index is 1.85. The first-order chi connectivity index (χ1) is 11.1. The first-order valence-electron chi connectivity index (χ1n) is 8.21. The maximum Gasteiger partial charge on any atom is 0.258 e. The Morgan fingerprint density at radius 3 is 2.74 bits per heavy atom. The highest BCUT2D eigenvalue weighted by Crippen LogP contribution is 2.32. The predicted molar refractivity (Wildman–Crippen MR) is 89.9 cm³/mol. The van der Waals surface area contributed by atoms with Gasteiger partial charge in [-0.05, 0) is 44.9 Å². The molecule has 2 aromatic heterocycles. The average Bonchev–Trinajstić information content (AvgIpc) is 2.85. The molecule has 2 aromatic rings. The van der Waals surface area contributed by atoms with Crippen molar-refractivity contribution in [2.24, 2.45) is 0 Å². The molecular formula is C18H23N3O2. The van der Waals surface area contributed by atoms with E-state index in [2.05, 4.69) is 21.8 Å². The zero-order valence-electron chi connectivity index (χ0n) is 13.7. The van der Waals surface area contributed by atoms with E-state index in [-0.39, 0.29) is 17.5 Å². The summed E-state index contributed by atoms with van der Waals surface area (Å²) in [6, 6.07) is 5.56. The van der Waals surface area contributed by atoms with Crippen LogP contribution in [0.2, 0.25) is 0 Å². The van der Waals surface area contributed by atoms with E-state index in [4.69, 9.17) is 0 Å². The Morgan fingerprint density at radius 1 is 1.30 bits per heavy atom. The fourth-order valence-corrected chi connectivity index (χ4v) is 3.58. The molecule has 1 fully saturated rings. The maximum atomic E-state index is 12.6. The summed E-state index contributed by atoms with van der Waals surface area (Å²) in [6.07, 6.45) is 7.72. The lowest BCUT2D eigenvalue weighted by atomic mass is 9.95. The van der Waals surface area contributed by atoms with E-state index in [0.717, 1.165) is 11.4 Å². The lowest BCUT2D eigenvalue weighted by molar-refractivity contribution is 0.102. The van der Waals surface area contributed by atoms with Gasteiger partial charge in [0, 0.05) is 23.6 Å². The van der Waals surface area contributed by atoms with Crippen LogP contribution < -0.4 is 5.32 Å². The van der Waals surface area contributed by atoms with Crippen LogP contribution in [-0.2, 0) is 0 Å². The number of hydrogen-bond donors (Lipinski definition) is 2. The fourth-order valence-electron chi connectivity index (χ4n) is 3.58. The summed E-state index contributed by atoms with van der Waals surface area (Å²) < 4.78 is 2.30. The molecule has 0 bridgehead atoms. The molecule has 0 radical (unpaired) electrons. The van der Waals surface area contributed by atoms with Crippen molar-refractivity contribution < 1.29 is 9.90 Å². The van der Waals surface area contributed by atoms with Crippen molar-refractivity contribution in [3.8, 4) is 5.75 Å². The molecule has 0 atom stereocenters. The maximum absolute atomic E-state index is 12.6. The van der Waals surface area contributed by atoms with Gasteiger partial charge in [-0.15, -0.1) is 0 Å². The molecule has 5 heteroatoms. The molecule has 3 rings (SSSR count). The lowest BCUT2D eigenvalue weighted by Crippen LogP contribution is -2.17. The van der Waals surface area contributed by atoms with Crippen LogP contribution in [0.4, 0.5) is 5.82 Å². The van der Waals surface area contributed by atoms with Crippen molar-refractivity contribution in [2.75, 3.05) is 5.32 Å². The number of aromatic hydroxyl groups is 1. The number of rotatable bonds is 3. The third kappa shape index (κ3) is 3.09. The van der Waals surface area contributed by atoms with Crippen molar-refractivity contribution >= 4 is 11.7 Å². The molecule has 2 N–H and O–H groups in total. The molecule has 0 aromatic carbocycles. The minimum atomic E-state index is -0.228. The van der Waals surface area contributed by atoms with E-state index in [1.807, 2.05) is 13.0 Å². The summed E-state index contributed by atoms with van der Waals surface area (Å²) in [4.78, 5) is 16.6. The van der Waals surface area contributed by atoms with E-state index in [9.17, 15) is 9.90 Å². The Bertz CT molecular complexity index is 715. The summed E-state index contributed by atoms with van der Waals surface area (Å²) in [5.41, 5.74) is 2.75. The summed E-state index contributed by atoms with van der Waals surface area (Å²) in [5, 5.41) is 12.5. The molecule has 122 valence electrons. The number of amides is 1. The van der Waals surface area contributed by atoms with Gasteiger partial charge in [0.05, 0.1) is 5.56 Å². The molecule has 5 nitrogen and oxygen atoms in total. The van der Waals surface area contributed by atoms with E-state index in [1.165, 1.54) is 38.2 Å². The number of hydrogen-bond acceptors (Lipinski definition) is 3. The van der Waals surface area contributed by atoms with Crippen LogP contribution in [0.1, 0.15) is 59.9 Å². The van der Waals surface area contributed by atoms with Crippen molar-refractivity contribution in [3.63, 3.8) is 0 Å². The number of carbonyl (C=O) groups excluding carboxylic acids is 1. The van der Waals surface area contributed by atoms with Gasteiger partial charge in [0.1, 0.15) is 0 Å². The number of anilines is 1. The van der Waals surface area contributed by atoms with E-state index < -0.39 is 0 Å². The van der Waals surface area contributed by atoms with Crippen LogP contribution in [0.5, 0.6) is 5.75 Å². The normalized spacial score (nSPS) is 15.6. The highest BCUT2D eigenvalue weighted by Gasteiger charge is 2.23. The van der Waals surface area contributed by atoms with Gasteiger partial charge in [-0.2, -0.15) is 0 Å². The van der Waals surface area contributed by atoms with Crippen LogP contribution in [0.15, 0.2) is 24.4 Å². The second-order valence-electron chi connectivity index (χ2n) is 6.27. The Labute approximate surface area is 136 Å². The quantitative estimate of drug-likeness (QED) is 0.901. The molecule has 0 saturated heterocycles. The second-order valence-corrected chi connectivity index (χ2v) is 6.27. The number of nitrogens with one attached hydrogen (secondary N) is 1. The monoisotopic (exact) mass is 313 g/mol. The third-order valence-corrected chi connectivity index (χ3v) is 4.69. The SMILES string of the molecule is Cc1cc(C(=O)Nc2ncccc2O)c(C)n1C1CCCCC1. The molecule has 1 aliphatic rings. The molecule has 0 aliphatic heterocycles. The molecule has 0 unspecified atom stereocenters. The van der Waals surface area contributed by atoms with Gasteiger partial charge in [0.25, 0.3) is 5.91 Å². The number of nitrogens with zero attached hydrogens (tertiary/aromatic N) is 2. The highest BCUT2D eigenvalue weighted by atomic mass is 16.3. The second kappa shape index (κ2) is 6.44. The standard InChI is InChI=1S/C18H23N3O2/c1-12-11-15(13(2)21(12)14-7-4-3-5-8-14)18(23)20-17-16(22)9-6-10-19-17/h6,9-11,14,22H,3-5,7-8H2,1-2H3,(H,19,20,23). The number of carbonyl (C=O) groups is 1. The molecule has 23 heavy (non-hydrogen) atoms. The van der Waals surface area contributed by atoms with Crippen LogP contribution in [-0.4, -0.2) is 20.6 Å². The largest absolute Gasteiger partial charge is 0.504 e. The number of aryl methyl sites for hydroxylation is 1. The first kappa shape index (κ1) is 15.6. The molecule has 1 aliphatic carbocycles. The first-order valence-corrected chi connectivity index (χ1v) is 8.21. The van der Waals surface area contributed by atoms with E-state index in [0.29, 0.717) is 11.6 Å². The fraction of sp³-hybridized carbons (Fsp3) is 0.444. The number of aromatic nitrogens is 2. The van der Waals surface area contributed by atoms with Gasteiger partial charge < -0.3 is 15.0 Å². The van der Waals surface area contributed by atoms with Crippen LogP contribution in [0, 0.1) is 13.8 Å². The average molecular weight is 313 g/mol. The third-order valence-electron chi connectivity index (χ3n) is 4.69. The zero-order valence-corrected chi connectivity index (χ0v) is 13.7. The molecule has 1 saturated carbocycles. The van der Waals surface area contributed by atoms with Crippen LogP contribution in [0.25, 0.3) is 0 Å². The van der Waals surface area contributed by atoms with E-state index in [1.54, 1.807) is 12.3 Å². The summed E-state index contributed by atoms with van der Waals surface area (Å²) >= 11 is 0. The highest BCUT2D eigenvalue weighted by molar-refractivity contribution is 6.05. The predicted octanol–water partition coefficient (Wildman–Crippen LogP) is 3.96. The lowest BCUT2D eigenvalue weighted by Gasteiger charge is -2.26. The Hall–Kier alpha value is -2.30. The summed E-state index contributed by atoms with van der Waals surface area (Å²) in [5.74, 6) is -0.0592. The minimum absolute atomic E-state index is 0.0260. The van der Waals surface area contributed by atoms with Crippen LogP contribution in [0.3, 0.4) is 0 Å². The van der Waals surface area contributed by atoms with Crippen molar-refractivity contribution in [2.45, 2.75) is 52.0 Å². The molecule has 2 heterocycles. The van der Waals surface area contributed by atoms with E-state index >= 15 is 0 Å². The Morgan fingerprint density at radius 2 is 2.04 bits per heavy atom. The van der Waals surface area contributed by atoms with Gasteiger partial charge >= 0.3 is 0 Å². The molecule has 0 spiro atoms. The Kier molecular flexibility index (Phi) is 4.37. The molecule has 1 amide bonds. The smallest absolute Gasteiger partial charge is 0.258 e. The van der Waals surface area contributed by atoms with Gasteiger partial charge in [-0.25, -0.2) is 4.98 Å². The van der Waals surface area contributed by atoms with Gasteiger partial charge in [-0.1, -0.05) is 19.3 Å². The van der Waals surface area contributed by atoms with Crippen LogP contribution >= 0.6 is 0 Å². The van der Waals surface area contributed by atoms with Crippen molar-refractivity contribution in [3.05, 3.63) is 41.3 Å². The topological polar surface area (TPSA) is 67.2 Å². The summed E-state index contributed by atoms with van der Waals surface area (Å²) in [6.45, 7) is 4.05. The van der Waals surface area contributed by atoms with Crippen molar-refractivity contribution in [1.29, 1.82) is 0 Å². The van der Waals surface area contributed by atoms with Gasteiger partial charge in [0.15, 0.2) is 11.6 Å². The van der Waals surface area contributed by atoms with Crippen molar-refractivity contribution in [1.82, 2.24) is 9.55 Å². The van der Waals surface area contributed by atoms with Gasteiger partial charge in [0.2, 0.25) is 0 Å². The molecular weight excluding hydrogens is 290 g/mol. The zero-order chi connectivity index (χ0) is 16.4. The minimum Gasteiger partial charge on any atom is -0.504 e. The van der Waals surface area contributed by atoms with Gasteiger partial charge in [-0.3, -0.25) is 4.79 Å².